The van der Waals surface area contributed by atoms with Crippen LogP contribution in [0.3, 0.4) is 0 Å². The number of hydrogen-bond donors (Lipinski definition) is 0. The minimum Gasteiger partial charge on any atom is -0.486 e. The van der Waals surface area contributed by atoms with E-state index in [2.05, 4.69) is 6.58 Å². The Morgan fingerprint density at radius 1 is 1.60 bits per heavy atom. The van der Waals surface area contributed by atoms with E-state index in [1.54, 1.807) is 13.0 Å². The zero-order valence-corrected chi connectivity index (χ0v) is 8.79. The Labute approximate surface area is 88.4 Å². The summed E-state index contributed by atoms with van der Waals surface area (Å²) in [5.41, 5.74) is 0.380. The molecule has 0 saturated heterocycles. The molecule has 0 amide bonds. The lowest BCUT2D eigenvalue weighted by atomic mass is 10.1. The van der Waals surface area contributed by atoms with Crippen LogP contribution < -0.4 is 4.74 Å². The van der Waals surface area contributed by atoms with Crippen LogP contribution in [0.25, 0.3) is 0 Å². The molecular weight excluding hydrogens is 195 g/mol. The molecule has 1 unspecified atom stereocenters. The zero-order valence-electron chi connectivity index (χ0n) is 8.79. The lowest BCUT2D eigenvalue weighted by Crippen LogP contribution is -2.10. The van der Waals surface area contributed by atoms with Crippen molar-refractivity contribution < 1.29 is 13.9 Å². The van der Waals surface area contributed by atoms with Crippen LogP contribution in [0.15, 0.2) is 30.9 Å². The van der Waals surface area contributed by atoms with Crippen LogP contribution >= 0.6 is 0 Å². The number of carbonyl (C=O) groups excluding carboxylic acids is 1. The molecule has 15 heavy (non-hydrogen) atoms. The highest BCUT2D eigenvalue weighted by molar-refractivity contribution is 5.96. The Balaban J connectivity index is 3.07. The van der Waals surface area contributed by atoms with Crippen molar-refractivity contribution in [2.45, 2.75) is 20.0 Å². The maximum absolute atomic E-state index is 12.9. The van der Waals surface area contributed by atoms with Crippen molar-refractivity contribution in [1.82, 2.24) is 0 Å². The molecule has 0 aliphatic carbocycles. The van der Waals surface area contributed by atoms with Crippen LogP contribution in [0.1, 0.15) is 24.2 Å². The summed E-state index contributed by atoms with van der Waals surface area (Å²) in [6.07, 6.45) is 1.32. The van der Waals surface area contributed by atoms with Crippen LogP contribution in [-0.2, 0) is 0 Å². The summed E-state index contributed by atoms with van der Waals surface area (Å²) >= 11 is 0. The fourth-order valence-electron chi connectivity index (χ4n) is 1.13. The van der Waals surface area contributed by atoms with Crippen molar-refractivity contribution in [3.8, 4) is 5.75 Å². The van der Waals surface area contributed by atoms with Gasteiger partial charge in [-0.15, -0.1) is 0 Å². The van der Waals surface area contributed by atoms with Gasteiger partial charge >= 0.3 is 0 Å². The van der Waals surface area contributed by atoms with E-state index in [4.69, 9.17) is 4.74 Å². The van der Waals surface area contributed by atoms with Gasteiger partial charge in [0.2, 0.25) is 0 Å². The van der Waals surface area contributed by atoms with Crippen LogP contribution in [0.5, 0.6) is 5.75 Å². The van der Waals surface area contributed by atoms with Crippen molar-refractivity contribution in [2.24, 2.45) is 0 Å². The molecule has 2 nitrogen and oxygen atoms in total. The minimum atomic E-state index is -0.425. The first-order valence-corrected chi connectivity index (χ1v) is 4.64. The van der Waals surface area contributed by atoms with E-state index >= 15 is 0 Å². The third kappa shape index (κ3) is 2.91. The minimum absolute atomic E-state index is 0.152. The maximum atomic E-state index is 12.9. The van der Waals surface area contributed by atoms with E-state index in [1.807, 2.05) is 0 Å². The molecule has 0 radical (unpaired) electrons. The topological polar surface area (TPSA) is 26.3 Å². The molecule has 0 aliphatic rings. The van der Waals surface area contributed by atoms with Crippen molar-refractivity contribution in [3.63, 3.8) is 0 Å². The van der Waals surface area contributed by atoms with Gasteiger partial charge in [-0.05, 0) is 26.0 Å². The third-order valence-electron chi connectivity index (χ3n) is 1.97. The molecule has 80 valence electrons. The van der Waals surface area contributed by atoms with Crippen molar-refractivity contribution in [3.05, 3.63) is 42.2 Å². The Kier molecular flexibility index (Phi) is 3.61. The largest absolute Gasteiger partial charge is 0.486 e. The monoisotopic (exact) mass is 208 g/mol. The predicted octanol–water partition coefficient (Wildman–Crippen LogP) is 2.98. The number of carbonyl (C=O) groups is 1. The smallest absolute Gasteiger partial charge is 0.163 e. The van der Waals surface area contributed by atoms with Crippen molar-refractivity contribution in [2.75, 3.05) is 0 Å². The quantitative estimate of drug-likeness (QED) is 0.561. The molecule has 0 spiro atoms. The number of hydrogen-bond acceptors (Lipinski definition) is 2. The molecule has 0 aliphatic heterocycles. The third-order valence-corrected chi connectivity index (χ3v) is 1.97. The number of Topliss-reactive ketones (excluding diaryl/α,β-unsaturated/α-hetero) is 1. The first kappa shape index (κ1) is 11.4. The fraction of sp³-hybridized carbons (Fsp3) is 0.250. The molecule has 3 heteroatoms. The fourth-order valence-corrected chi connectivity index (χ4v) is 1.13. The highest BCUT2D eigenvalue weighted by Gasteiger charge is 2.11. The lowest BCUT2D eigenvalue weighted by molar-refractivity contribution is 0.101. The van der Waals surface area contributed by atoms with E-state index < -0.39 is 5.82 Å². The summed E-state index contributed by atoms with van der Waals surface area (Å²) in [7, 11) is 0. The Bertz CT molecular complexity index is 385. The second kappa shape index (κ2) is 4.73. The van der Waals surface area contributed by atoms with Crippen LogP contribution in [0.4, 0.5) is 4.39 Å². The Hall–Kier alpha value is -1.64. The van der Waals surface area contributed by atoms with Crippen molar-refractivity contribution in [1.29, 1.82) is 0 Å². The molecule has 1 aromatic carbocycles. The molecular formula is C12H13FO2. The molecule has 0 bridgehead atoms. The van der Waals surface area contributed by atoms with Gasteiger partial charge in [-0.25, -0.2) is 4.39 Å². The number of benzene rings is 1. The second-order valence-corrected chi connectivity index (χ2v) is 3.26. The van der Waals surface area contributed by atoms with Gasteiger partial charge in [0, 0.05) is 6.07 Å². The normalized spacial score (nSPS) is 11.9. The first-order valence-electron chi connectivity index (χ1n) is 4.64. The maximum Gasteiger partial charge on any atom is 0.163 e. The van der Waals surface area contributed by atoms with Gasteiger partial charge in [0.1, 0.15) is 17.7 Å². The van der Waals surface area contributed by atoms with Gasteiger partial charge in [-0.2, -0.15) is 0 Å². The molecule has 0 N–H and O–H groups in total. The van der Waals surface area contributed by atoms with E-state index in [1.165, 1.54) is 25.1 Å². The summed E-state index contributed by atoms with van der Waals surface area (Å²) < 4.78 is 18.3. The van der Waals surface area contributed by atoms with Gasteiger partial charge in [0.05, 0.1) is 5.56 Å². The van der Waals surface area contributed by atoms with Gasteiger partial charge < -0.3 is 4.74 Å². The molecule has 0 saturated carbocycles. The molecule has 1 atom stereocenters. The van der Waals surface area contributed by atoms with E-state index in [-0.39, 0.29) is 17.6 Å². The summed E-state index contributed by atoms with van der Waals surface area (Å²) in [6, 6.07) is 3.86. The highest BCUT2D eigenvalue weighted by Crippen LogP contribution is 2.21. The van der Waals surface area contributed by atoms with Gasteiger partial charge in [-0.3, -0.25) is 4.79 Å². The van der Waals surface area contributed by atoms with Crippen LogP contribution in [0, 0.1) is 5.82 Å². The molecule has 1 aromatic rings. The van der Waals surface area contributed by atoms with Gasteiger partial charge in [-0.1, -0.05) is 12.7 Å². The molecule has 0 heterocycles. The number of ether oxygens (including phenoxy) is 1. The second-order valence-electron chi connectivity index (χ2n) is 3.26. The van der Waals surface area contributed by atoms with Gasteiger partial charge in [0.15, 0.2) is 5.78 Å². The molecule has 0 fully saturated rings. The summed E-state index contributed by atoms with van der Waals surface area (Å²) in [5, 5.41) is 0. The average Bonchev–Trinajstić information content (AvgIpc) is 2.17. The summed E-state index contributed by atoms with van der Waals surface area (Å²) in [4.78, 5) is 11.2. The Morgan fingerprint density at radius 2 is 2.27 bits per heavy atom. The first-order chi connectivity index (χ1) is 7.04. The van der Waals surface area contributed by atoms with E-state index in [0.29, 0.717) is 5.56 Å². The summed E-state index contributed by atoms with van der Waals surface area (Å²) in [5.74, 6) is -0.317. The summed E-state index contributed by atoms with van der Waals surface area (Å²) in [6.45, 7) is 6.73. The van der Waals surface area contributed by atoms with Gasteiger partial charge in [0.25, 0.3) is 0 Å². The van der Waals surface area contributed by atoms with Crippen LogP contribution in [-0.4, -0.2) is 11.9 Å². The van der Waals surface area contributed by atoms with Crippen LogP contribution in [0.2, 0.25) is 0 Å². The van der Waals surface area contributed by atoms with E-state index in [9.17, 15) is 9.18 Å². The Morgan fingerprint density at radius 3 is 2.80 bits per heavy atom. The number of rotatable bonds is 4. The molecule has 0 aromatic heterocycles. The average molecular weight is 208 g/mol. The SMILES string of the molecule is C=CC(C)Oc1cc(F)ccc1C(C)=O. The molecule has 1 rings (SSSR count). The predicted molar refractivity (Wildman–Crippen MR) is 56.7 cm³/mol. The number of ketones is 1. The van der Waals surface area contributed by atoms with Crippen molar-refractivity contribution >= 4 is 5.78 Å². The highest BCUT2D eigenvalue weighted by atomic mass is 19.1. The standard InChI is InChI=1S/C12H13FO2/c1-4-8(2)15-12-7-10(13)5-6-11(12)9(3)14/h4-8H,1H2,2-3H3. The number of halogens is 1. The lowest BCUT2D eigenvalue weighted by Gasteiger charge is -2.13. The zero-order chi connectivity index (χ0) is 11.4. The van der Waals surface area contributed by atoms with E-state index in [0.717, 1.165) is 0 Å².